The first-order valence-electron chi connectivity index (χ1n) is 4.97. The van der Waals surface area contributed by atoms with Gasteiger partial charge in [0.2, 0.25) is 0 Å². The van der Waals surface area contributed by atoms with Crippen LogP contribution in [0.3, 0.4) is 0 Å². The van der Waals surface area contributed by atoms with Gasteiger partial charge < -0.3 is 0 Å². The Bertz CT molecular complexity index is 590. The molecule has 0 aliphatic heterocycles. The third kappa shape index (κ3) is 2.23. The van der Waals surface area contributed by atoms with Gasteiger partial charge in [-0.05, 0) is 0 Å². The Hall–Kier alpha value is -1.65. The average molecular weight is 298 g/mol. The Morgan fingerprint density at radius 2 is 2.29 bits per heavy atom. The number of rotatable bonds is 3. The first-order chi connectivity index (χ1) is 8.13. The first kappa shape index (κ1) is 11.8. The maximum atomic E-state index is 11.6. The summed E-state index contributed by atoms with van der Waals surface area (Å²) in [6, 6.07) is 6.47. The van der Waals surface area contributed by atoms with E-state index in [1.807, 2.05) is 6.07 Å². The molecule has 0 fully saturated rings. The zero-order valence-electron chi connectivity index (χ0n) is 9.00. The van der Waals surface area contributed by atoms with Crippen LogP contribution in [-0.2, 0) is 4.74 Å². The molecule has 0 unspecified atom stereocenters. The Labute approximate surface area is 103 Å². The zero-order chi connectivity index (χ0) is 12.4. The van der Waals surface area contributed by atoms with Crippen LogP contribution in [0.2, 0.25) is 0 Å². The van der Waals surface area contributed by atoms with Crippen molar-refractivity contribution in [2.24, 2.45) is 0 Å². The van der Waals surface area contributed by atoms with E-state index in [0.717, 1.165) is 4.26 Å². The summed E-state index contributed by atoms with van der Waals surface area (Å²) in [5, 5.41) is 11.4. The molecule has 88 valence electrons. The van der Waals surface area contributed by atoms with Crippen molar-refractivity contribution < 1.29 is 14.5 Å². The number of fused-ring (bicyclic) bond motifs is 1. The minimum atomic E-state index is -0.431. The van der Waals surface area contributed by atoms with Crippen LogP contribution >= 0.6 is 0 Å². The van der Waals surface area contributed by atoms with Gasteiger partial charge in [-0.25, -0.2) is 0 Å². The summed E-state index contributed by atoms with van der Waals surface area (Å²) in [7, 11) is 0. The van der Waals surface area contributed by atoms with Crippen LogP contribution < -0.4 is 0 Å². The Kier molecular flexibility index (Phi) is 3.26. The predicted molar refractivity (Wildman–Crippen MR) is 63.5 cm³/mol. The van der Waals surface area contributed by atoms with Crippen molar-refractivity contribution in [1.82, 2.24) is 0 Å². The van der Waals surface area contributed by atoms with Gasteiger partial charge in [-0.3, -0.25) is 0 Å². The number of nitrogens with zero attached hydrogens (tertiary/aromatic N) is 1. The predicted octanol–water partition coefficient (Wildman–Crippen LogP) is 1.98. The Balaban J connectivity index is 2.54. The summed E-state index contributed by atoms with van der Waals surface area (Å²) in [4.78, 5) is 21.9. The number of esters is 1. The van der Waals surface area contributed by atoms with E-state index in [1.165, 1.54) is 6.07 Å². The molecule has 1 aromatic carbocycles. The van der Waals surface area contributed by atoms with E-state index in [2.05, 4.69) is 0 Å². The number of hydrogen-bond acceptors (Lipinski definition) is 4. The molecule has 0 spiro atoms. The van der Waals surface area contributed by atoms with Gasteiger partial charge in [0, 0.05) is 0 Å². The molecular weight excluding hydrogens is 289 g/mol. The number of ether oxygens (including phenoxy) is 1. The molecule has 0 aliphatic carbocycles. The van der Waals surface area contributed by atoms with Gasteiger partial charge in [-0.15, -0.1) is 0 Å². The second-order valence-electron chi connectivity index (χ2n) is 3.28. The first-order valence-corrected chi connectivity index (χ1v) is 6.69. The second kappa shape index (κ2) is 4.69. The Morgan fingerprint density at radius 3 is 2.94 bits per heavy atom. The second-order valence-corrected chi connectivity index (χ2v) is 5.55. The molecule has 5 nitrogen and oxygen atoms in total. The van der Waals surface area contributed by atoms with Gasteiger partial charge in [0.1, 0.15) is 0 Å². The maximum absolute atomic E-state index is 11.6. The van der Waals surface area contributed by atoms with Crippen molar-refractivity contribution in [3.8, 4) is 0 Å². The van der Waals surface area contributed by atoms with Crippen LogP contribution in [0.25, 0.3) is 9.65 Å². The van der Waals surface area contributed by atoms with Gasteiger partial charge in [-0.2, -0.15) is 0 Å². The fourth-order valence-electron chi connectivity index (χ4n) is 1.51. The van der Waals surface area contributed by atoms with E-state index >= 15 is 0 Å². The molecule has 6 heteroatoms. The average Bonchev–Trinajstić information content (AvgIpc) is 2.72. The monoisotopic (exact) mass is 299 g/mol. The van der Waals surface area contributed by atoms with Crippen molar-refractivity contribution in [2.75, 3.05) is 6.61 Å². The fraction of sp³-hybridized carbons (Fsp3) is 0.182. The zero-order valence-corrected chi connectivity index (χ0v) is 10.7. The standard InChI is InChI=1S/C11H9NO4Se/c1-2-16-11(13)10-6-7-8(12(14)15)4-3-5-9(7)17-10/h3-6H,2H2,1H3. The quantitative estimate of drug-likeness (QED) is 0.376. The summed E-state index contributed by atoms with van der Waals surface area (Å²) in [5.74, 6) is -0.377. The minimum absolute atomic E-state index is 0.0451. The van der Waals surface area contributed by atoms with Crippen LogP contribution in [0.1, 0.15) is 16.2 Å². The Morgan fingerprint density at radius 1 is 1.53 bits per heavy atom. The molecule has 0 bridgehead atoms. The summed E-state index contributed by atoms with van der Waals surface area (Å²) in [6.45, 7) is 2.04. The van der Waals surface area contributed by atoms with Crippen LogP contribution in [0.5, 0.6) is 0 Å². The van der Waals surface area contributed by atoms with E-state index < -0.39 is 4.92 Å². The number of nitro benzene ring substituents is 1. The normalized spacial score (nSPS) is 10.4. The van der Waals surface area contributed by atoms with E-state index in [9.17, 15) is 14.9 Å². The number of non-ortho nitro benzene ring substituents is 1. The summed E-state index contributed by atoms with van der Waals surface area (Å²) >= 11 is -0.201. The van der Waals surface area contributed by atoms with Gasteiger partial charge in [0.25, 0.3) is 0 Å². The number of carbonyl (C=O) groups excluding carboxylic acids is 1. The molecule has 2 rings (SSSR count). The number of carbonyl (C=O) groups is 1. The van der Waals surface area contributed by atoms with Gasteiger partial charge in [0.05, 0.1) is 0 Å². The third-order valence-electron chi connectivity index (χ3n) is 2.21. The van der Waals surface area contributed by atoms with Crippen LogP contribution in [-0.4, -0.2) is 32.0 Å². The van der Waals surface area contributed by atoms with Crippen molar-refractivity contribution in [2.45, 2.75) is 6.92 Å². The summed E-state index contributed by atoms with van der Waals surface area (Å²) in [6.07, 6.45) is 0. The van der Waals surface area contributed by atoms with Gasteiger partial charge >= 0.3 is 103 Å². The van der Waals surface area contributed by atoms with Crippen molar-refractivity contribution in [3.63, 3.8) is 0 Å². The number of hydrogen-bond donors (Lipinski definition) is 0. The topological polar surface area (TPSA) is 69.4 Å². The van der Waals surface area contributed by atoms with Crippen molar-refractivity contribution >= 4 is 35.8 Å². The molecule has 0 saturated heterocycles. The third-order valence-corrected chi connectivity index (χ3v) is 4.48. The van der Waals surface area contributed by atoms with Crippen molar-refractivity contribution in [3.05, 3.63) is 38.8 Å². The van der Waals surface area contributed by atoms with Crippen molar-refractivity contribution in [1.29, 1.82) is 0 Å². The number of nitro groups is 1. The SMILES string of the molecule is CCOC(=O)c1cc2c([N+](=O)[O-])cccc2[se]1. The van der Waals surface area contributed by atoms with Gasteiger partial charge in [0.15, 0.2) is 0 Å². The molecule has 1 aromatic heterocycles. The van der Waals surface area contributed by atoms with E-state index in [-0.39, 0.29) is 26.2 Å². The van der Waals surface area contributed by atoms with Gasteiger partial charge in [-0.1, -0.05) is 0 Å². The summed E-state index contributed by atoms with van der Waals surface area (Å²) in [5.41, 5.74) is 0.0451. The molecule has 0 N–H and O–H groups in total. The molecule has 0 radical (unpaired) electrons. The van der Waals surface area contributed by atoms with Crippen LogP contribution in [0.4, 0.5) is 5.69 Å². The molecule has 17 heavy (non-hydrogen) atoms. The molecule has 1 heterocycles. The molecule has 0 atom stereocenters. The summed E-state index contributed by atoms with van der Waals surface area (Å²) < 4.78 is 6.28. The molecule has 2 aromatic rings. The fourth-order valence-corrected chi connectivity index (χ4v) is 3.56. The van der Waals surface area contributed by atoms with E-state index in [4.69, 9.17) is 4.74 Å². The molecule has 0 saturated carbocycles. The van der Waals surface area contributed by atoms with E-state index in [0.29, 0.717) is 16.4 Å². The molecule has 0 amide bonds. The number of benzene rings is 1. The van der Waals surface area contributed by atoms with Crippen LogP contribution in [0, 0.1) is 10.1 Å². The molecular formula is C11H9NO4Se. The molecule has 0 aliphatic rings. The van der Waals surface area contributed by atoms with Crippen LogP contribution in [0.15, 0.2) is 24.3 Å². The van der Waals surface area contributed by atoms with E-state index in [1.54, 1.807) is 19.1 Å².